The number of methoxy groups -OCH3 is 1. The van der Waals surface area contributed by atoms with Crippen LogP contribution in [0.5, 0.6) is 0 Å². The summed E-state index contributed by atoms with van der Waals surface area (Å²) >= 11 is 0. The van der Waals surface area contributed by atoms with Crippen molar-refractivity contribution < 1.29 is 70.4 Å². The molecule has 5 N–H and O–H groups in total. The Morgan fingerprint density at radius 1 is 0.479 bits per heavy atom. The number of amides is 1. The standard InChI is InChI=1S/C14H27N3O3S.C13H25NO2.C13H27NO.C12H25FN2.C12H22N2O.C12H23NO2.C11H24N2O.2C10H19NO2.C8H17N/c1-14(2,3)16-10-6-12(7-11-16)13(18)15-21(19,20)17-8-4-5-9-17;1-5-11(15)10-16-12-6-8-14(9-7-12)13(2,3)4;1-11-10-12(7-9-15-5)6-8-14(11)13(2,3)4;1-10(13)8-14-11-6-5-7-15(9-11)12(2,3)4;1-11(2,3)14-8-5-12(6-9-14)10(15)4-7-13-12;1-10(14)9-15-11-5-7-13(8-6-11)12(2,3)4;1-11(2,3)13-7-4-5-10(9-13)12-6-8-14;2*1-8-5-9(13-7-12)11(6-8)10(2,3)4;1-8(2,3)9-6-4-5-7-9/h12H,4-11H2,1-3H3,(H,15,18);12H,5-10H2,1-4H3;11-12H,6-10H2,1-5H3;10-11,14H,5-9H2,1-4H3;13H,4-9H2,1-3H3;11H,5-9H2,1-4H3;10,12,14H,4-9H2,1-3H3;2*7-9H,5-6H2,1-4H3;4-7H2,1-3H3. The van der Waals surface area contributed by atoms with Crippen molar-refractivity contribution in [2.45, 2.75) is 507 Å². The minimum atomic E-state index is -3.63. The summed E-state index contributed by atoms with van der Waals surface area (Å²) in [5.41, 5.74) is 2.12. The fourth-order valence-corrected chi connectivity index (χ4v) is 23.1. The van der Waals surface area contributed by atoms with Crippen molar-refractivity contribution in [3.05, 3.63) is 0 Å². The average molecular weight is 2100 g/mol. The summed E-state index contributed by atoms with van der Waals surface area (Å²) < 4.78 is 67.0. The number of alkyl halides is 1. The van der Waals surface area contributed by atoms with Crippen LogP contribution in [0.25, 0.3) is 0 Å². The van der Waals surface area contributed by atoms with E-state index in [1.165, 1.54) is 94.8 Å². The number of nitrogens with zero attached hydrogens (tertiary/aromatic N) is 11. The van der Waals surface area contributed by atoms with Gasteiger partial charge in [0.1, 0.15) is 19.4 Å². The number of aliphatic hydroxyl groups excluding tert-OH is 1. The monoisotopic (exact) mass is 2090 g/mol. The number of aliphatic hydroxyl groups is 1. The summed E-state index contributed by atoms with van der Waals surface area (Å²) in [6.07, 6.45) is 24.0. The highest BCUT2D eigenvalue weighted by atomic mass is 32.2. The SMILES string of the molecule is CC(=O)COC1CCN(C(C)(C)C)CC1.CC(C)(C)N1CCC(C(=O)NS(=O)(=O)N2CCCC2)CC1.CC(C)(C)N1CCC2(CC1)NCCC2=O.CC(C)(C)N1CCCC(NCCO)C1.CC(C)(C)N1CCCC1.CC(F)CNC1CCCN(C(C)(C)C)C1.CC1CC(OC=O)N(C(C)(C)C)C1.CC1CC(OC=O)N(C(C)(C)C)C1.CCC(=O)COC1CCN(C(C)(C)C)CC1.COCCC1CCN(C(C)(C)C)C(C)C1. The number of hydrogen-bond donors (Lipinski definition) is 5. The summed E-state index contributed by atoms with van der Waals surface area (Å²) in [6.45, 7) is 103. The molecule has 0 aliphatic carbocycles. The highest BCUT2D eigenvalue weighted by molar-refractivity contribution is 7.87. The Labute approximate surface area is 893 Å². The topological polar surface area (TPSA) is 287 Å². The Kier molecular flexibility index (Phi) is 59.7. The number of likely N-dealkylation sites (tertiary alicyclic amines) is 10. The molecule has 860 valence electrons. The first-order chi connectivity index (χ1) is 67.3. The smallest absolute Gasteiger partial charge is 0.303 e. The molecule has 1 amide bonds. The number of hydrogen-bond acceptors (Lipinski definition) is 27. The lowest BCUT2D eigenvalue weighted by Gasteiger charge is -2.45. The number of rotatable bonds is 23. The fourth-order valence-electron chi connectivity index (χ4n) is 21.8. The van der Waals surface area contributed by atoms with E-state index in [-0.39, 0.29) is 111 Å². The number of piperidine rings is 7. The molecule has 0 radical (unpaired) electrons. The van der Waals surface area contributed by atoms with Gasteiger partial charge in [-0.3, -0.25) is 77.8 Å². The third-order valence-electron chi connectivity index (χ3n) is 31.2. The molecule has 9 unspecified atom stereocenters. The number of halogens is 1. The second kappa shape index (κ2) is 63.7. The van der Waals surface area contributed by atoms with Gasteiger partial charge in [-0.15, -0.1) is 0 Å². The van der Waals surface area contributed by atoms with E-state index in [4.69, 9.17) is 28.8 Å². The Bertz CT molecular complexity index is 3680. The largest absolute Gasteiger partial charge is 0.449 e. The normalized spacial score (nSPS) is 25.5. The zero-order chi connectivity index (χ0) is 111. The molecule has 0 aromatic carbocycles. The van der Waals surface area contributed by atoms with Gasteiger partial charge in [-0.2, -0.15) is 12.7 Å². The lowest BCUT2D eigenvalue weighted by molar-refractivity contribution is -0.145. The summed E-state index contributed by atoms with van der Waals surface area (Å²) in [5.74, 6) is 2.34. The van der Waals surface area contributed by atoms with Gasteiger partial charge >= 0.3 is 10.2 Å². The summed E-state index contributed by atoms with van der Waals surface area (Å²) in [4.78, 5) is 91.0. The molecule has 0 aromatic rings. The number of ketones is 3. The molecule has 31 heteroatoms. The van der Waals surface area contributed by atoms with Crippen molar-refractivity contribution in [1.82, 2.24) is 74.0 Å². The molecular formula is C115H228FN15O14S. The van der Waals surface area contributed by atoms with Crippen LogP contribution in [0.3, 0.4) is 0 Å². The van der Waals surface area contributed by atoms with E-state index in [9.17, 15) is 41.6 Å². The molecule has 12 rings (SSSR count). The first kappa shape index (κ1) is 137. The number of carbonyl (C=O) groups is 6. The molecule has 12 heterocycles. The van der Waals surface area contributed by atoms with Gasteiger partial charge in [-0.05, 0) is 414 Å². The van der Waals surface area contributed by atoms with Crippen LogP contribution >= 0.6 is 0 Å². The summed E-state index contributed by atoms with van der Waals surface area (Å²) in [6, 6.07) is 1.76. The third-order valence-corrected chi connectivity index (χ3v) is 32.7. The Balaban J connectivity index is 0.000000419. The van der Waals surface area contributed by atoms with Gasteiger partial charge < -0.3 is 44.7 Å². The molecule has 0 aromatic heterocycles. The van der Waals surface area contributed by atoms with Crippen molar-refractivity contribution in [2.24, 2.45) is 23.7 Å². The van der Waals surface area contributed by atoms with Gasteiger partial charge in [0, 0.05) is 217 Å². The van der Waals surface area contributed by atoms with Gasteiger partial charge in [0.05, 0.1) is 24.4 Å². The predicted octanol–water partition coefficient (Wildman–Crippen LogP) is 17.3. The van der Waals surface area contributed by atoms with E-state index in [0.717, 1.165) is 194 Å². The molecule has 146 heavy (non-hydrogen) atoms. The maximum absolute atomic E-state index is 12.7. The van der Waals surface area contributed by atoms with Crippen LogP contribution in [0.1, 0.15) is 397 Å². The van der Waals surface area contributed by atoms with Crippen LogP contribution in [0.15, 0.2) is 0 Å². The van der Waals surface area contributed by atoms with Crippen molar-refractivity contribution >= 4 is 46.4 Å². The Morgan fingerprint density at radius 3 is 1.20 bits per heavy atom. The quantitative estimate of drug-likeness (QED) is 0.0594. The van der Waals surface area contributed by atoms with E-state index in [1.54, 1.807) is 21.0 Å². The lowest BCUT2D eigenvalue weighted by Crippen LogP contribution is -2.57. The lowest BCUT2D eigenvalue weighted by atomic mass is 9.83. The molecule has 0 saturated carbocycles. The molecule has 12 fully saturated rings. The zero-order valence-corrected chi connectivity index (χ0v) is 102. The van der Waals surface area contributed by atoms with Crippen LogP contribution in [0, 0.1) is 23.7 Å². The van der Waals surface area contributed by atoms with Gasteiger partial charge in [-0.1, -0.05) is 20.8 Å². The maximum atomic E-state index is 12.7. The van der Waals surface area contributed by atoms with Crippen LogP contribution in [0.4, 0.5) is 4.39 Å². The molecular weight excluding hydrogens is 1870 g/mol. The molecule has 1 spiro atoms. The predicted molar refractivity (Wildman–Crippen MR) is 600 cm³/mol. The molecule has 12 saturated heterocycles. The number of nitrogens with one attached hydrogen (secondary N) is 4. The average Bonchev–Trinajstić information content (AvgIpc) is 1.62. The van der Waals surface area contributed by atoms with Gasteiger partial charge in [-0.25, -0.2) is 9.11 Å². The first-order valence-corrected chi connectivity index (χ1v) is 58.6. The maximum Gasteiger partial charge on any atom is 0.303 e. The number of Topliss-reactive ketones (excluding diaryl/α,β-unsaturated/α-hetero) is 3. The summed E-state index contributed by atoms with van der Waals surface area (Å²) in [5, 5.41) is 18.9. The molecule has 29 nitrogen and oxygen atoms in total. The van der Waals surface area contributed by atoms with E-state index >= 15 is 0 Å². The van der Waals surface area contributed by atoms with Crippen LogP contribution in [0.2, 0.25) is 0 Å². The van der Waals surface area contributed by atoms with Gasteiger partial charge in [0.25, 0.3) is 12.9 Å². The molecule has 0 bridgehead atoms. The van der Waals surface area contributed by atoms with E-state index in [0.29, 0.717) is 86.4 Å². The van der Waals surface area contributed by atoms with Crippen molar-refractivity contribution in [2.75, 3.05) is 178 Å². The van der Waals surface area contributed by atoms with E-state index < -0.39 is 16.4 Å². The van der Waals surface area contributed by atoms with Crippen LogP contribution in [-0.2, 0) is 62.7 Å². The fraction of sp³-hybridized carbons (Fsp3) is 0.948. The van der Waals surface area contributed by atoms with Crippen molar-refractivity contribution in [1.29, 1.82) is 0 Å². The molecule has 12 aliphatic heterocycles. The summed E-state index contributed by atoms with van der Waals surface area (Å²) in [7, 11) is -1.83. The Hall–Kier alpha value is -3.42. The van der Waals surface area contributed by atoms with Gasteiger partial charge in [0.2, 0.25) is 5.91 Å². The number of carbonyl (C=O) groups excluding carboxylic acids is 6. The zero-order valence-electron chi connectivity index (χ0n) is 101. The van der Waals surface area contributed by atoms with Gasteiger partial charge in [0.15, 0.2) is 29.8 Å². The second-order valence-corrected chi connectivity index (χ2v) is 55.7. The van der Waals surface area contributed by atoms with Crippen molar-refractivity contribution in [3.8, 4) is 0 Å². The Morgan fingerprint density at radius 2 is 0.856 bits per heavy atom. The highest BCUT2D eigenvalue weighted by Crippen LogP contribution is 2.37. The minimum absolute atomic E-state index is 0.0208. The van der Waals surface area contributed by atoms with E-state index in [2.05, 4.69) is 298 Å². The van der Waals surface area contributed by atoms with E-state index in [1.807, 2.05) is 6.92 Å². The number of ether oxygens (including phenoxy) is 5. The first-order valence-electron chi connectivity index (χ1n) is 57.1. The minimum Gasteiger partial charge on any atom is -0.449 e. The van der Waals surface area contributed by atoms with Crippen LogP contribution in [-0.4, -0.2) is 390 Å². The second-order valence-electron chi connectivity index (χ2n) is 54.0. The highest BCUT2D eigenvalue weighted by Gasteiger charge is 2.47. The molecule has 12 aliphatic rings. The molecule has 9 atom stereocenters. The van der Waals surface area contributed by atoms with Crippen molar-refractivity contribution in [3.63, 3.8) is 0 Å². The van der Waals surface area contributed by atoms with Crippen LogP contribution < -0.4 is 20.7 Å². The third kappa shape index (κ3) is 52.4.